The minimum Gasteiger partial charge on any atom is -0.383 e. The van der Waals surface area contributed by atoms with Crippen LogP contribution < -0.4 is 5.73 Å². The molecule has 8 nitrogen and oxygen atoms in total. The maximum Gasteiger partial charge on any atom is 0.249 e. The number of aromatic amines is 1. The summed E-state index contributed by atoms with van der Waals surface area (Å²) in [6.45, 7) is 0. The fourth-order valence-electron chi connectivity index (χ4n) is 2.11. The standard InChI is InChI=1S/C13H14N6O2S/c1-19-6-9(16-7-19)11-10(8-3-4-15-5-8)12(14)18-13(17-11)22(2,20)21/h3-7,15H,1-2H3,(H2,14,17,18). The number of rotatable bonds is 3. The molecular formula is C13H14N6O2S. The van der Waals surface area contributed by atoms with Crippen molar-refractivity contribution in [1.29, 1.82) is 0 Å². The molecule has 0 radical (unpaired) electrons. The highest BCUT2D eigenvalue weighted by atomic mass is 32.2. The van der Waals surface area contributed by atoms with Gasteiger partial charge in [0.1, 0.15) is 17.2 Å². The van der Waals surface area contributed by atoms with Crippen LogP contribution in [-0.2, 0) is 16.9 Å². The number of anilines is 1. The van der Waals surface area contributed by atoms with Gasteiger partial charge in [-0.05, 0) is 6.07 Å². The maximum absolute atomic E-state index is 11.8. The Morgan fingerprint density at radius 3 is 2.64 bits per heavy atom. The monoisotopic (exact) mass is 318 g/mol. The molecule has 0 fully saturated rings. The molecule has 0 aliphatic rings. The van der Waals surface area contributed by atoms with Gasteiger partial charge in [0, 0.05) is 37.5 Å². The van der Waals surface area contributed by atoms with Gasteiger partial charge in [-0.2, -0.15) is 0 Å². The molecule has 0 unspecified atom stereocenters. The van der Waals surface area contributed by atoms with Gasteiger partial charge in [0.25, 0.3) is 0 Å². The summed E-state index contributed by atoms with van der Waals surface area (Å²) in [5, 5.41) is -0.315. The lowest BCUT2D eigenvalue weighted by Crippen LogP contribution is -2.09. The summed E-state index contributed by atoms with van der Waals surface area (Å²) in [7, 11) is -1.77. The Morgan fingerprint density at radius 2 is 2.09 bits per heavy atom. The zero-order valence-corrected chi connectivity index (χ0v) is 12.8. The van der Waals surface area contributed by atoms with E-state index in [1.54, 1.807) is 29.5 Å². The Kier molecular flexibility index (Phi) is 3.21. The lowest BCUT2D eigenvalue weighted by Gasteiger charge is -2.10. The lowest BCUT2D eigenvalue weighted by atomic mass is 10.1. The van der Waals surface area contributed by atoms with Crippen LogP contribution in [0, 0.1) is 0 Å². The van der Waals surface area contributed by atoms with Crippen molar-refractivity contribution in [2.45, 2.75) is 5.16 Å². The number of sulfone groups is 1. The number of nitrogens with two attached hydrogens (primary N) is 1. The van der Waals surface area contributed by atoms with E-state index in [9.17, 15) is 8.42 Å². The molecule has 22 heavy (non-hydrogen) atoms. The molecule has 0 amide bonds. The number of hydrogen-bond donors (Lipinski definition) is 2. The molecule has 3 aromatic heterocycles. The van der Waals surface area contributed by atoms with Gasteiger partial charge in [0.05, 0.1) is 11.9 Å². The first-order valence-corrected chi connectivity index (χ1v) is 8.24. The van der Waals surface area contributed by atoms with Crippen LogP contribution in [0.3, 0.4) is 0 Å². The molecular weight excluding hydrogens is 304 g/mol. The van der Waals surface area contributed by atoms with E-state index in [4.69, 9.17) is 5.73 Å². The van der Waals surface area contributed by atoms with Crippen LogP contribution in [0.1, 0.15) is 0 Å². The summed E-state index contributed by atoms with van der Waals surface area (Å²) >= 11 is 0. The van der Waals surface area contributed by atoms with Crippen LogP contribution in [0.5, 0.6) is 0 Å². The van der Waals surface area contributed by atoms with Crippen LogP contribution in [0.2, 0.25) is 0 Å². The van der Waals surface area contributed by atoms with Gasteiger partial charge in [-0.3, -0.25) is 0 Å². The van der Waals surface area contributed by atoms with E-state index >= 15 is 0 Å². The molecule has 0 saturated carbocycles. The number of aryl methyl sites for hydroxylation is 1. The number of nitrogen functional groups attached to an aromatic ring is 1. The number of hydrogen-bond acceptors (Lipinski definition) is 6. The van der Waals surface area contributed by atoms with Crippen molar-refractivity contribution < 1.29 is 8.42 Å². The molecule has 0 aliphatic heterocycles. The highest BCUT2D eigenvalue weighted by Gasteiger charge is 2.21. The SMILES string of the molecule is Cn1cnc(-c2nc(S(C)(=O)=O)nc(N)c2-c2cc[nH]c2)c1. The molecule has 0 aliphatic carbocycles. The summed E-state index contributed by atoms with van der Waals surface area (Å²) in [5.74, 6) is 0.0932. The third kappa shape index (κ3) is 2.46. The topological polar surface area (TPSA) is 120 Å². The zero-order chi connectivity index (χ0) is 15.9. The van der Waals surface area contributed by atoms with Crippen molar-refractivity contribution in [2.24, 2.45) is 7.05 Å². The molecule has 0 bridgehead atoms. The van der Waals surface area contributed by atoms with E-state index in [0.29, 0.717) is 17.0 Å². The summed E-state index contributed by atoms with van der Waals surface area (Å²) < 4.78 is 25.3. The van der Waals surface area contributed by atoms with Gasteiger partial charge in [0.15, 0.2) is 0 Å². The highest BCUT2D eigenvalue weighted by Crippen LogP contribution is 2.33. The van der Waals surface area contributed by atoms with Gasteiger partial charge in [0.2, 0.25) is 15.0 Å². The first-order valence-electron chi connectivity index (χ1n) is 6.35. The van der Waals surface area contributed by atoms with Crippen molar-refractivity contribution in [2.75, 3.05) is 12.0 Å². The van der Waals surface area contributed by atoms with Crippen molar-refractivity contribution in [3.05, 3.63) is 31.0 Å². The van der Waals surface area contributed by atoms with Gasteiger partial charge < -0.3 is 15.3 Å². The molecule has 0 spiro atoms. The second-order valence-electron chi connectivity index (χ2n) is 4.91. The predicted molar refractivity (Wildman–Crippen MR) is 81.5 cm³/mol. The molecule has 9 heteroatoms. The normalized spacial score (nSPS) is 11.7. The fourth-order valence-corrected chi connectivity index (χ4v) is 2.63. The van der Waals surface area contributed by atoms with E-state index in [-0.39, 0.29) is 11.0 Å². The van der Waals surface area contributed by atoms with Crippen molar-refractivity contribution in [3.8, 4) is 22.5 Å². The Morgan fingerprint density at radius 1 is 1.32 bits per heavy atom. The summed E-state index contributed by atoms with van der Waals surface area (Å²) in [6.07, 6.45) is 7.86. The second kappa shape index (κ2) is 4.95. The molecule has 3 N–H and O–H groups in total. The van der Waals surface area contributed by atoms with Gasteiger partial charge in [-0.25, -0.2) is 23.4 Å². The van der Waals surface area contributed by atoms with E-state index < -0.39 is 9.84 Å². The second-order valence-corrected chi connectivity index (χ2v) is 6.82. The number of nitrogens with one attached hydrogen (secondary N) is 1. The number of imidazole rings is 1. The van der Waals surface area contributed by atoms with Crippen molar-refractivity contribution in [1.82, 2.24) is 24.5 Å². The molecule has 3 aromatic rings. The fraction of sp³-hybridized carbons (Fsp3) is 0.154. The zero-order valence-electron chi connectivity index (χ0n) is 12.0. The summed E-state index contributed by atoms with van der Waals surface area (Å²) in [5.41, 5.74) is 8.21. The van der Waals surface area contributed by atoms with Crippen LogP contribution in [0.4, 0.5) is 5.82 Å². The Labute approximate surface area is 127 Å². The minimum atomic E-state index is -3.58. The number of nitrogens with zero attached hydrogens (tertiary/aromatic N) is 4. The van der Waals surface area contributed by atoms with Gasteiger partial charge in [-0.1, -0.05) is 0 Å². The average Bonchev–Trinajstić information content (AvgIpc) is 3.07. The molecule has 3 heterocycles. The Bertz CT molecular complexity index is 928. The van der Waals surface area contributed by atoms with Crippen LogP contribution in [-0.4, -0.2) is 39.2 Å². The molecule has 114 valence electrons. The number of aromatic nitrogens is 5. The third-order valence-corrected chi connectivity index (χ3v) is 3.93. The largest absolute Gasteiger partial charge is 0.383 e. The number of H-pyrrole nitrogens is 1. The average molecular weight is 318 g/mol. The van der Waals surface area contributed by atoms with E-state index in [0.717, 1.165) is 11.8 Å². The van der Waals surface area contributed by atoms with E-state index in [2.05, 4.69) is 19.9 Å². The van der Waals surface area contributed by atoms with Gasteiger partial charge in [-0.15, -0.1) is 0 Å². The van der Waals surface area contributed by atoms with Crippen LogP contribution in [0.25, 0.3) is 22.5 Å². The van der Waals surface area contributed by atoms with E-state index in [1.807, 2.05) is 13.1 Å². The molecule has 0 saturated heterocycles. The minimum absolute atomic E-state index is 0.0932. The van der Waals surface area contributed by atoms with Crippen molar-refractivity contribution >= 4 is 15.7 Å². The van der Waals surface area contributed by atoms with Crippen LogP contribution >= 0.6 is 0 Å². The van der Waals surface area contributed by atoms with Crippen molar-refractivity contribution in [3.63, 3.8) is 0 Å². The molecule has 0 aromatic carbocycles. The first kappa shape index (κ1) is 14.3. The predicted octanol–water partition coefficient (Wildman–Crippen LogP) is 0.858. The van der Waals surface area contributed by atoms with Gasteiger partial charge >= 0.3 is 0 Å². The quantitative estimate of drug-likeness (QED) is 0.691. The summed E-state index contributed by atoms with van der Waals surface area (Å²) in [4.78, 5) is 15.3. The first-order chi connectivity index (χ1) is 10.4. The lowest BCUT2D eigenvalue weighted by molar-refractivity contribution is 0.593. The smallest absolute Gasteiger partial charge is 0.249 e. The third-order valence-electron chi connectivity index (χ3n) is 3.08. The molecule has 0 atom stereocenters. The highest BCUT2D eigenvalue weighted by molar-refractivity contribution is 7.90. The summed E-state index contributed by atoms with van der Waals surface area (Å²) in [6, 6.07) is 1.81. The Hall–Kier alpha value is -2.68. The Balaban J connectivity index is 2.34. The maximum atomic E-state index is 11.8. The molecule has 3 rings (SSSR count). The van der Waals surface area contributed by atoms with Crippen LogP contribution in [0.15, 0.2) is 36.1 Å². The van der Waals surface area contributed by atoms with E-state index in [1.165, 1.54) is 0 Å².